The van der Waals surface area contributed by atoms with Gasteiger partial charge in [-0.3, -0.25) is 0 Å². The molecule has 6 heteroatoms. The van der Waals surface area contributed by atoms with Crippen molar-refractivity contribution in [2.75, 3.05) is 0 Å². The van der Waals surface area contributed by atoms with Gasteiger partial charge in [-0.1, -0.05) is 0 Å². The molecule has 2 N–H and O–H groups in total. The maximum Gasteiger partial charge on any atom is 0.162 e. The van der Waals surface area contributed by atoms with E-state index in [1.807, 2.05) is 0 Å². The fourth-order valence-corrected chi connectivity index (χ4v) is 1.90. The molecule has 18 heavy (non-hydrogen) atoms. The molecular formula is C12H10BrF2N3. The monoisotopic (exact) mass is 313 g/mol. The van der Waals surface area contributed by atoms with Gasteiger partial charge in [0.2, 0.25) is 0 Å². The maximum atomic E-state index is 13.7. The molecule has 0 amide bonds. The Morgan fingerprint density at radius 3 is 2.56 bits per heavy atom. The van der Waals surface area contributed by atoms with Gasteiger partial charge < -0.3 is 5.73 Å². The molecule has 0 saturated carbocycles. The van der Waals surface area contributed by atoms with E-state index in [4.69, 9.17) is 5.73 Å². The number of hydrogen-bond donors (Lipinski definition) is 1. The highest BCUT2D eigenvalue weighted by atomic mass is 79.9. The smallest absolute Gasteiger partial charge is 0.162 e. The summed E-state index contributed by atoms with van der Waals surface area (Å²) in [7, 11) is 0. The van der Waals surface area contributed by atoms with Crippen LogP contribution in [0.25, 0.3) is 11.4 Å². The highest BCUT2D eigenvalue weighted by molar-refractivity contribution is 9.10. The molecule has 0 unspecified atom stereocenters. The minimum Gasteiger partial charge on any atom is -0.325 e. The van der Waals surface area contributed by atoms with Gasteiger partial charge in [-0.2, -0.15) is 0 Å². The largest absolute Gasteiger partial charge is 0.325 e. The average Bonchev–Trinajstić information content (AvgIpc) is 2.33. The summed E-state index contributed by atoms with van der Waals surface area (Å²) in [6.07, 6.45) is 0. The third-order valence-electron chi connectivity index (χ3n) is 2.37. The second-order valence-electron chi connectivity index (χ2n) is 3.77. The second-order valence-corrected chi connectivity index (χ2v) is 4.63. The third kappa shape index (κ3) is 2.54. The van der Waals surface area contributed by atoms with Gasteiger partial charge in [-0.05, 0) is 35.0 Å². The quantitative estimate of drug-likeness (QED) is 0.867. The highest BCUT2D eigenvalue weighted by Crippen LogP contribution is 2.26. The fraction of sp³-hybridized carbons (Fsp3) is 0.167. The van der Waals surface area contributed by atoms with Gasteiger partial charge in [0.05, 0.1) is 15.7 Å². The fourth-order valence-electron chi connectivity index (χ4n) is 1.55. The van der Waals surface area contributed by atoms with Crippen LogP contribution in [-0.4, -0.2) is 9.97 Å². The number of hydrogen-bond acceptors (Lipinski definition) is 3. The molecule has 0 aliphatic rings. The molecule has 0 fully saturated rings. The van der Waals surface area contributed by atoms with Crippen molar-refractivity contribution < 1.29 is 8.78 Å². The number of aromatic nitrogens is 2. The molecule has 1 heterocycles. The summed E-state index contributed by atoms with van der Waals surface area (Å²) in [5.74, 6) is -1.17. The minimum absolute atomic E-state index is 0.140. The van der Waals surface area contributed by atoms with E-state index < -0.39 is 11.6 Å². The first kappa shape index (κ1) is 13.0. The maximum absolute atomic E-state index is 13.7. The van der Waals surface area contributed by atoms with E-state index in [0.29, 0.717) is 11.4 Å². The van der Waals surface area contributed by atoms with Gasteiger partial charge in [-0.15, -0.1) is 0 Å². The van der Waals surface area contributed by atoms with Crippen LogP contribution in [0.2, 0.25) is 0 Å². The number of nitrogens with zero attached hydrogens (tertiary/aromatic N) is 2. The van der Waals surface area contributed by atoms with Gasteiger partial charge in [0.1, 0.15) is 11.6 Å². The zero-order valence-electron chi connectivity index (χ0n) is 9.54. The molecule has 1 aromatic heterocycles. The SMILES string of the molecule is Cc1cc(CN)nc(-c2cc(Br)c(F)cc2F)n1. The standard InChI is InChI=1S/C12H10BrF2N3/c1-6-2-7(5-16)18-12(17-6)8-3-9(13)11(15)4-10(8)14/h2-4H,5,16H2,1H3. The van der Waals surface area contributed by atoms with Crippen molar-refractivity contribution in [2.24, 2.45) is 5.73 Å². The van der Waals surface area contributed by atoms with Crippen LogP contribution in [0.4, 0.5) is 8.78 Å². The van der Waals surface area contributed by atoms with Crippen LogP contribution in [0.1, 0.15) is 11.4 Å². The van der Waals surface area contributed by atoms with E-state index in [-0.39, 0.29) is 22.4 Å². The Bertz CT molecular complexity index is 602. The van der Waals surface area contributed by atoms with E-state index in [2.05, 4.69) is 25.9 Å². The number of rotatable bonds is 2. The van der Waals surface area contributed by atoms with Crippen molar-refractivity contribution in [1.29, 1.82) is 0 Å². The Morgan fingerprint density at radius 2 is 1.89 bits per heavy atom. The first-order valence-corrected chi connectivity index (χ1v) is 6.00. The number of aryl methyl sites for hydroxylation is 1. The second kappa shape index (κ2) is 5.07. The topological polar surface area (TPSA) is 51.8 Å². The number of nitrogens with two attached hydrogens (primary N) is 1. The summed E-state index contributed by atoms with van der Waals surface area (Å²) in [6.45, 7) is 2.00. The number of benzene rings is 1. The lowest BCUT2D eigenvalue weighted by atomic mass is 10.2. The Kier molecular flexibility index (Phi) is 3.68. The van der Waals surface area contributed by atoms with Crippen molar-refractivity contribution in [3.05, 3.63) is 45.7 Å². The molecule has 0 aliphatic carbocycles. The Balaban J connectivity index is 2.61. The van der Waals surface area contributed by atoms with Gasteiger partial charge in [0, 0.05) is 18.3 Å². The Morgan fingerprint density at radius 1 is 1.17 bits per heavy atom. The normalized spacial score (nSPS) is 10.7. The first-order valence-electron chi connectivity index (χ1n) is 5.21. The van der Waals surface area contributed by atoms with Crippen molar-refractivity contribution in [3.8, 4) is 11.4 Å². The lowest BCUT2D eigenvalue weighted by molar-refractivity contribution is 0.580. The van der Waals surface area contributed by atoms with E-state index in [0.717, 1.165) is 6.07 Å². The van der Waals surface area contributed by atoms with E-state index in [1.54, 1.807) is 13.0 Å². The van der Waals surface area contributed by atoms with Crippen molar-refractivity contribution >= 4 is 15.9 Å². The zero-order valence-corrected chi connectivity index (χ0v) is 11.1. The average molecular weight is 314 g/mol. The van der Waals surface area contributed by atoms with Crippen LogP contribution in [0.5, 0.6) is 0 Å². The lowest BCUT2D eigenvalue weighted by Crippen LogP contribution is -2.04. The van der Waals surface area contributed by atoms with Gasteiger partial charge in [0.25, 0.3) is 0 Å². The molecule has 0 saturated heterocycles. The molecule has 2 aromatic rings. The predicted octanol–water partition coefficient (Wildman–Crippen LogP) is 2.95. The van der Waals surface area contributed by atoms with Crippen LogP contribution in [-0.2, 0) is 6.54 Å². The molecule has 0 radical (unpaired) electrons. The van der Waals surface area contributed by atoms with Gasteiger partial charge in [-0.25, -0.2) is 18.7 Å². The lowest BCUT2D eigenvalue weighted by Gasteiger charge is -2.06. The van der Waals surface area contributed by atoms with Crippen LogP contribution in [0, 0.1) is 18.6 Å². The van der Waals surface area contributed by atoms with Gasteiger partial charge in [0.15, 0.2) is 5.82 Å². The molecule has 0 atom stereocenters. The minimum atomic E-state index is -0.704. The molecule has 3 nitrogen and oxygen atoms in total. The third-order valence-corrected chi connectivity index (χ3v) is 2.97. The summed E-state index contributed by atoms with van der Waals surface area (Å²) in [6, 6.07) is 3.84. The molecule has 1 aromatic carbocycles. The Hall–Kier alpha value is -1.40. The van der Waals surface area contributed by atoms with Crippen LogP contribution in [0.3, 0.4) is 0 Å². The molecule has 94 valence electrons. The first-order chi connectivity index (χ1) is 8.51. The molecule has 0 aliphatic heterocycles. The summed E-state index contributed by atoms with van der Waals surface area (Å²) >= 11 is 3.01. The van der Waals surface area contributed by atoms with Crippen molar-refractivity contribution in [2.45, 2.75) is 13.5 Å². The molecule has 0 bridgehead atoms. The van der Waals surface area contributed by atoms with Crippen LogP contribution >= 0.6 is 15.9 Å². The van der Waals surface area contributed by atoms with Crippen molar-refractivity contribution in [3.63, 3.8) is 0 Å². The summed E-state index contributed by atoms with van der Waals surface area (Å²) in [5, 5.41) is 0. The van der Waals surface area contributed by atoms with Crippen LogP contribution in [0.15, 0.2) is 22.7 Å². The summed E-state index contributed by atoms with van der Waals surface area (Å²) < 4.78 is 27.0. The van der Waals surface area contributed by atoms with Crippen LogP contribution < -0.4 is 5.73 Å². The molecule has 2 rings (SSSR count). The Labute approximate surface area is 111 Å². The molecule has 0 spiro atoms. The predicted molar refractivity (Wildman–Crippen MR) is 67.7 cm³/mol. The zero-order chi connectivity index (χ0) is 13.3. The van der Waals surface area contributed by atoms with E-state index in [1.165, 1.54) is 6.07 Å². The highest BCUT2D eigenvalue weighted by Gasteiger charge is 2.13. The van der Waals surface area contributed by atoms with E-state index in [9.17, 15) is 8.78 Å². The molecular weight excluding hydrogens is 304 g/mol. The summed E-state index contributed by atoms with van der Waals surface area (Å²) in [4.78, 5) is 8.27. The van der Waals surface area contributed by atoms with Gasteiger partial charge >= 0.3 is 0 Å². The van der Waals surface area contributed by atoms with Crippen molar-refractivity contribution in [1.82, 2.24) is 9.97 Å². The van der Waals surface area contributed by atoms with E-state index >= 15 is 0 Å². The summed E-state index contributed by atoms with van der Waals surface area (Å²) in [5.41, 5.74) is 6.93. The number of halogens is 3.